The molecule has 2 saturated heterocycles. The van der Waals surface area contributed by atoms with Gasteiger partial charge in [-0.1, -0.05) is 54.6 Å². The van der Waals surface area contributed by atoms with Crippen LogP contribution in [-0.4, -0.2) is 78.4 Å². The van der Waals surface area contributed by atoms with E-state index in [-0.39, 0.29) is 23.8 Å². The lowest BCUT2D eigenvalue weighted by Crippen LogP contribution is -2.57. The number of nitrogens with zero attached hydrogens (tertiary/aromatic N) is 3. The van der Waals surface area contributed by atoms with Crippen molar-refractivity contribution in [3.05, 3.63) is 71.3 Å². The Morgan fingerprint density at radius 1 is 1.03 bits per heavy atom. The van der Waals surface area contributed by atoms with Crippen molar-refractivity contribution in [3.63, 3.8) is 0 Å². The molecule has 0 aromatic heterocycles. The van der Waals surface area contributed by atoms with E-state index < -0.39 is 5.54 Å². The van der Waals surface area contributed by atoms with Crippen molar-refractivity contribution in [1.82, 2.24) is 20.0 Å². The zero-order chi connectivity index (χ0) is 25.7. The molecule has 36 heavy (non-hydrogen) atoms. The van der Waals surface area contributed by atoms with Gasteiger partial charge in [0.2, 0.25) is 5.91 Å². The number of hydrogen-bond acceptors (Lipinski definition) is 4. The maximum Gasteiger partial charge on any atom is 0.325 e. The van der Waals surface area contributed by atoms with Crippen LogP contribution in [0.15, 0.2) is 54.6 Å². The molecular formula is C29H38N4O3. The fourth-order valence-corrected chi connectivity index (χ4v) is 5.49. The molecule has 2 aliphatic heterocycles. The van der Waals surface area contributed by atoms with E-state index in [0.717, 1.165) is 16.7 Å². The smallest absolute Gasteiger partial charge is 0.325 e. The minimum atomic E-state index is -0.926. The molecule has 2 fully saturated rings. The van der Waals surface area contributed by atoms with Crippen molar-refractivity contribution in [2.45, 2.75) is 44.6 Å². The summed E-state index contributed by atoms with van der Waals surface area (Å²) in [5.74, 6) is -0.00465. The molecule has 0 saturated carbocycles. The lowest BCUT2D eigenvalue weighted by Gasteiger charge is -2.41. The molecule has 0 bridgehead atoms. The summed E-state index contributed by atoms with van der Waals surface area (Å²) in [6.07, 6.45) is 3.05. The van der Waals surface area contributed by atoms with Crippen LogP contribution in [0.4, 0.5) is 4.79 Å². The van der Waals surface area contributed by atoms with Gasteiger partial charge in [-0.15, -0.1) is 0 Å². The molecule has 0 radical (unpaired) electrons. The topological polar surface area (TPSA) is 73.0 Å². The molecule has 4 amide bonds. The van der Waals surface area contributed by atoms with E-state index in [1.807, 2.05) is 73.3 Å². The Hall–Kier alpha value is -3.19. The molecule has 1 N–H and O–H groups in total. The van der Waals surface area contributed by atoms with Crippen LogP contribution >= 0.6 is 0 Å². The zero-order valence-electron chi connectivity index (χ0n) is 21.7. The molecule has 192 valence electrons. The Balaban J connectivity index is 1.47. The van der Waals surface area contributed by atoms with Crippen molar-refractivity contribution in [3.8, 4) is 0 Å². The van der Waals surface area contributed by atoms with Gasteiger partial charge >= 0.3 is 6.03 Å². The Labute approximate surface area is 214 Å². The molecule has 2 heterocycles. The van der Waals surface area contributed by atoms with E-state index in [9.17, 15) is 14.4 Å². The summed E-state index contributed by atoms with van der Waals surface area (Å²) in [6, 6.07) is 17.8. The minimum absolute atomic E-state index is 0.00969. The molecule has 1 atom stereocenters. The largest absolute Gasteiger partial charge is 0.342 e. The number of carbonyl (C=O) groups excluding carboxylic acids is 3. The summed E-state index contributed by atoms with van der Waals surface area (Å²) in [7, 11) is 3.87. The molecule has 4 rings (SSSR count). The number of piperidine rings is 1. The van der Waals surface area contributed by atoms with Gasteiger partial charge in [-0.25, -0.2) is 4.79 Å². The van der Waals surface area contributed by atoms with Crippen molar-refractivity contribution >= 4 is 17.8 Å². The van der Waals surface area contributed by atoms with Gasteiger partial charge < -0.3 is 15.1 Å². The van der Waals surface area contributed by atoms with E-state index in [2.05, 4.69) is 17.4 Å². The van der Waals surface area contributed by atoms with Gasteiger partial charge in [0.1, 0.15) is 5.54 Å². The van der Waals surface area contributed by atoms with E-state index in [1.54, 1.807) is 0 Å². The molecule has 2 aromatic carbocycles. The number of aryl methyl sites for hydroxylation is 2. The maximum absolute atomic E-state index is 13.8. The quantitative estimate of drug-likeness (QED) is 0.548. The van der Waals surface area contributed by atoms with E-state index in [1.165, 1.54) is 4.90 Å². The first-order valence-corrected chi connectivity index (χ1v) is 12.9. The van der Waals surface area contributed by atoms with E-state index in [4.69, 9.17) is 0 Å². The van der Waals surface area contributed by atoms with Crippen LogP contribution in [0.5, 0.6) is 0 Å². The standard InChI is InChI=1S/C29H38N4O3/c1-22-9-7-8-12-24(22)21-26(34)32-17-14-25(15-18-32)29(16-13-23-10-5-4-6-11-23)27(35)33(28(36)30-29)20-19-31(2)3/h4-12,25H,13-21H2,1-3H3,(H,30,36). The van der Waals surface area contributed by atoms with Crippen molar-refractivity contribution in [1.29, 1.82) is 0 Å². The van der Waals surface area contributed by atoms with Crippen LogP contribution < -0.4 is 5.32 Å². The van der Waals surface area contributed by atoms with Gasteiger partial charge in [0, 0.05) is 26.2 Å². The average molecular weight is 491 g/mol. The van der Waals surface area contributed by atoms with E-state index >= 15 is 0 Å². The molecule has 7 nitrogen and oxygen atoms in total. The molecule has 0 aliphatic carbocycles. The average Bonchev–Trinajstić information content (AvgIpc) is 3.13. The molecule has 7 heteroatoms. The van der Waals surface area contributed by atoms with Gasteiger partial charge in [-0.2, -0.15) is 0 Å². The second kappa shape index (κ2) is 11.2. The Morgan fingerprint density at radius 2 is 1.69 bits per heavy atom. The summed E-state index contributed by atoms with van der Waals surface area (Å²) in [4.78, 5) is 45.1. The lowest BCUT2D eigenvalue weighted by atomic mass is 9.74. The number of likely N-dealkylation sites (tertiary alicyclic amines) is 1. The Bertz CT molecular complexity index is 1080. The highest BCUT2D eigenvalue weighted by atomic mass is 16.2. The highest BCUT2D eigenvalue weighted by Crippen LogP contribution is 2.37. The fourth-order valence-electron chi connectivity index (χ4n) is 5.49. The minimum Gasteiger partial charge on any atom is -0.342 e. The maximum atomic E-state index is 13.8. The number of imide groups is 1. The second-order valence-electron chi connectivity index (χ2n) is 10.4. The number of benzene rings is 2. The van der Waals surface area contributed by atoms with Crippen LogP contribution in [0, 0.1) is 12.8 Å². The number of nitrogens with one attached hydrogen (secondary N) is 1. The first kappa shape index (κ1) is 25.9. The molecule has 0 spiro atoms. The summed E-state index contributed by atoms with van der Waals surface area (Å²) in [5, 5.41) is 3.14. The summed E-state index contributed by atoms with van der Waals surface area (Å²) in [6.45, 7) is 4.23. The van der Waals surface area contributed by atoms with Gasteiger partial charge in [-0.05, 0) is 69.3 Å². The van der Waals surface area contributed by atoms with Crippen LogP contribution in [0.1, 0.15) is 36.0 Å². The van der Waals surface area contributed by atoms with Crippen molar-refractivity contribution in [2.24, 2.45) is 5.92 Å². The summed E-state index contributed by atoms with van der Waals surface area (Å²) >= 11 is 0. The fraction of sp³-hybridized carbons (Fsp3) is 0.483. The molecule has 1 unspecified atom stereocenters. The number of amides is 4. The third-order valence-electron chi connectivity index (χ3n) is 7.77. The first-order chi connectivity index (χ1) is 17.3. The molecule has 2 aromatic rings. The number of hydrogen-bond donors (Lipinski definition) is 1. The molecule has 2 aliphatic rings. The predicted molar refractivity (Wildman–Crippen MR) is 140 cm³/mol. The van der Waals surface area contributed by atoms with Crippen LogP contribution in [0.2, 0.25) is 0 Å². The first-order valence-electron chi connectivity index (χ1n) is 12.9. The number of urea groups is 1. The predicted octanol–water partition coefficient (Wildman–Crippen LogP) is 3.26. The third-order valence-corrected chi connectivity index (χ3v) is 7.77. The van der Waals surface area contributed by atoms with Crippen molar-refractivity contribution in [2.75, 3.05) is 40.3 Å². The van der Waals surface area contributed by atoms with Crippen LogP contribution in [0.3, 0.4) is 0 Å². The Kier molecular flexibility index (Phi) is 8.09. The normalized spacial score (nSPS) is 20.8. The number of likely N-dealkylation sites (N-methyl/N-ethyl adjacent to an activating group) is 1. The van der Waals surface area contributed by atoms with Gasteiger partial charge in [0.05, 0.1) is 6.42 Å². The summed E-state index contributed by atoms with van der Waals surface area (Å²) in [5.41, 5.74) is 2.40. The van der Waals surface area contributed by atoms with Gasteiger partial charge in [0.15, 0.2) is 0 Å². The third kappa shape index (κ3) is 5.62. The summed E-state index contributed by atoms with van der Waals surface area (Å²) < 4.78 is 0. The second-order valence-corrected chi connectivity index (χ2v) is 10.4. The van der Waals surface area contributed by atoms with Gasteiger partial charge in [-0.3, -0.25) is 14.5 Å². The Morgan fingerprint density at radius 3 is 2.36 bits per heavy atom. The highest BCUT2D eigenvalue weighted by Gasteiger charge is 2.55. The number of rotatable bonds is 9. The van der Waals surface area contributed by atoms with Gasteiger partial charge in [0.25, 0.3) is 5.91 Å². The van der Waals surface area contributed by atoms with Crippen molar-refractivity contribution < 1.29 is 14.4 Å². The number of carbonyl (C=O) groups is 3. The SMILES string of the molecule is Cc1ccccc1CC(=O)N1CCC(C2(CCc3ccccc3)NC(=O)N(CCN(C)C)C2=O)CC1. The van der Waals surface area contributed by atoms with E-state index in [0.29, 0.717) is 58.3 Å². The molecular weight excluding hydrogens is 452 g/mol. The van der Waals surface area contributed by atoms with Crippen LogP contribution in [0.25, 0.3) is 0 Å². The lowest BCUT2D eigenvalue weighted by molar-refractivity contribution is -0.136. The zero-order valence-corrected chi connectivity index (χ0v) is 21.7. The van der Waals surface area contributed by atoms with Crippen LogP contribution in [-0.2, 0) is 22.4 Å². The highest BCUT2D eigenvalue weighted by molar-refractivity contribution is 6.07. The monoisotopic (exact) mass is 490 g/mol.